The van der Waals surface area contributed by atoms with Crippen LogP contribution in [0.1, 0.15) is 12.5 Å². The first-order valence-electron chi connectivity index (χ1n) is 7.37. The van der Waals surface area contributed by atoms with Crippen LogP contribution in [0.3, 0.4) is 0 Å². The molecule has 24 heavy (non-hydrogen) atoms. The lowest BCUT2D eigenvalue weighted by atomic mass is 10.2. The average molecular weight is 368 g/mol. The lowest BCUT2D eigenvalue weighted by molar-refractivity contribution is -0.113. The molecule has 0 saturated carbocycles. The van der Waals surface area contributed by atoms with Crippen LogP contribution in [0.2, 0.25) is 5.02 Å². The zero-order chi connectivity index (χ0) is 17.6. The molecule has 0 aliphatic carbocycles. The number of anilines is 1. The molecule has 0 radical (unpaired) electrons. The van der Waals surface area contributed by atoms with Crippen LogP contribution < -0.4 is 10.1 Å². The first-order chi connectivity index (χ1) is 11.4. The van der Waals surface area contributed by atoms with Gasteiger partial charge in [-0.2, -0.15) is 0 Å². The van der Waals surface area contributed by atoms with Gasteiger partial charge in [0.25, 0.3) is 0 Å². The summed E-state index contributed by atoms with van der Waals surface area (Å²) in [6.07, 6.45) is 0. The molecule has 2 aromatic carbocycles. The summed E-state index contributed by atoms with van der Waals surface area (Å²) in [5, 5.41) is 2.94. The van der Waals surface area contributed by atoms with Crippen molar-refractivity contribution in [3.05, 3.63) is 59.1 Å². The maximum Gasteiger partial charge on any atom is 0.239 e. The highest BCUT2D eigenvalue weighted by atomic mass is 35.5. The second-order valence-corrected chi connectivity index (χ2v) is 7.57. The zero-order valence-electron chi connectivity index (χ0n) is 13.2. The van der Waals surface area contributed by atoms with Gasteiger partial charge in [-0.1, -0.05) is 41.9 Å². The molecule has 0 spiro atoms. The Morgan fingerprint density at radius 2 is 1.79 bits per heavy atom. The molecule has 0 aliphatic heterocycles. The quantitative estimate of drug-likeness (QED) is 0.815. The molecule has 0 atom stereocenters. The zero-order valence-corrected chi connectivity index (χ0v) is 14.7. The number of sulfone groups is 1. The van der Waals surface area contributed by atoms with E-state index in [-0.39, 0.29) is 5.75 Å². The lowest BCUT2D eigenvalue weighted by Gasteiger charge is -2.11. The number of para-hydroxylation sites is 2. The highest BCUT2D eigenvalue weighted by molar-refractivity contribution is 7.91. The maximum atomic E-state index is 12.2. The van der Waals surface area contributed by atoms with Gasteiger partial charge in [0.05, 0.1) is 18.0 Å². The van der Waals surface area contributed by atoms with Crippen molar-refractivity contribution in [2.45, 2.75) is 12.7 Å². The summed E-state index contributed by atoms with van der Waals surface area (Å²) >= 11 is 5.97. The molecular weight excluding hydrogens is 350 g/mol. The molecule has 1 N–H and O–H groups in total. The predicted octanol–water partition coefficient (Wildman–Crippen LogP) is 3.29. The molecule has 0 saturated heterocycles. The van der Waals surface area contributed by atoms with E-state index in [4.69, 9.17) is 16.3 Å². The van der Waals surface area contributed by atoms with E-state index in [2.05, 4.69) is 5.32 Å². The first-order valence-corrected chi connectivity index (χ1v) is 9.56. The third kappa shape index (κ3) is 5.25. The van der Waals surface area contributed by atoms with Crippen LogP contribution in [0.4, 0.5) is 5.69 Å². The Labute approximate surface area is 146 Å². The maximum absolute atomic E-state index is 12.2. The molecule has 7 heteroatoms. The van der Waals surface area contributed by atoms with Gasteiger partial charge in [-0.25, -0.2) is 8.42 Å². The standard InChI is InChI=1S/C17H18ClNO4S/c1-2-23-16-10-6-5-9-15(16)19-17(20)12-24(21,22)11-13-7-3-4-8-14(13)18/h3-10H,2,11-12H2,1H3,(H,19,20). The van der Waals surface area contributed by atoms with Crippen LogP contribution in [0.5, 0.6) is 5.75 Å². The minimum Gasteiger partial charge on any atom is -0.492 e. The average Bonchev–Trinajstić information content (AvgIpc) is 2.51. The van der Waals surface area contributed by atoms with Gasteiger partial charge in [0, 0.05) is 5.02 Å². The van der Waals surface area contributed by atoms with Gasteiger partial charge in [-0.3, -0.25) is 4.79 Å². The Morgan fingerprint density at radius 1 is 1.12 bits per heavy atom. The smallest absolute Gasteiger partial charge is 0.239 e. The summed E-state index contributed by atoms with van der Waals surface area (Å²) in [7, 11) is -3.64. The molecule has 2 aromatic rings. The van der Waals surface area contributed by atoms with Crippen LogP contribution in [-0.2, 0) is 20.4 Å². The molecule has 5 nitrogen and oxygen atoms in total. The van der Waals surface area contributed by atoms with Gasteiger partial charge < -0.3 is 10.1 Å². The summed E-state index contributed by atoms with van der Waals surface area (Å²) in [5.74, 6) is -1.03. The number of ether oxygens (including phenoxy) is 1. The van der Waals surface area contributed by atoms with Crippen molar-refractivity contribution >= 4 is 33.0 Å². The van der Waals surface area contributed by atoms with Crippen molar-refractivity contribution in [1.82, 2.24) is 0 Å². The van der Waals surface area contributed by atoms with Crippen LogP contribution in [-0.4, -0.2) is 26.7 Å². The summed E-state index contributed by atoms with van der Waals surface area (Å²) in [5.41, 5.74) is 0.916. The molecule has 1 amide bonds. The third-order valence-electron chi connectivity index (χ3n) is 3.15. The number of carbonyl (C=O) groups excluding carboxylic acids is 1. The lowest BCUT2D eigenvalue weighted by Crippen LogP contribution is -2.24. The number of amides is 1. The van der Waals surface area contributed by atoms with Crippen molar-refractivity contribution in [1.29, 1.82) is 0 Å². The summed E-state index contributed by atoms with van der Waals surface area (Å²) in [6, 6.07) is 13.5. The number of hydrogen-bond donors (Lipinski definition) is 1. The summed E-state index contributed by atoms with van der Waals surface area (Å²) in [6.45, 7) is 2.27. The van der Waals surface area contributed by atoms with E-state index in [9.17, 15) is 13.2 Å². The van der Waals surface area contributed by atoms with Crippen LogP contribution in [0.15, 0.2) is 48.5 Å². The van der Waals surface area contributed by atoms with Crippen LogP contribution in [0, 0.1) is 0 Å². The van der Waals surface area contributed by atoms with Gasteiger partial charge in [0.2, 0.25) is 5.91 Å². The fourth-order valence-electron chi connectivity index (χ4n) is 2.14. The number of halogens is 1. The molecule has 0 heterocycles. The van der Waals surface area contributed by atoms with Gasteiger partial charge >= 0.3 is 0 Å². The summed E-state index contributed by atoms with van der Waals surface area (Å²) < 4.78 is 29.8. The highest BCUT2D eigenvalue weighted by Crippen LogP contribution is 2.24. The number of benzene rings is 2. The van der Waals surface area contributed by atoms with Gasteiger partial charge in [-0.15, -0.1) is 0 Å². The van der Waals surface area contributed by atoms with E-state index in [1.54, 1.807) is 48.5 Å². The topological polar surface area (TPSA) is 72.5 Å². The molecule has 0 bridgehead atoms. The SMILES string of the molecule is CCOc1ccccc1NC(=O)CS(=O)(=O)Cc1ccccc1Cl. The van der Waals surface area contributed by atoms with Gasteiger partial charge in [0.15, 0.2) is 9.84 Å². The Balaban J connectivity index is 2.05. The van der Waals surface area contributed by atoms with Crippen molar-refractivity contribution < 1.29 is 17.9 Å². The molecule has 2 rings (SSSR count). The molecule has 128 valence electrons. The van der Waals surface area contributed by atoms with E-state index in [1.807, 2.05) is 6.92 Å². The predicted molar refractivity (Wildman–Crippen MR) is 95.2 cm³/mol. The second-order valence-electron chi connectivity index (χ2n) is 5.10. The highest BCUT2D eigenvalue weighted by Gasteiger charge is 2.19. The van der Waals surface area contributed by atoms with Crippen LogP contribution in [0.25, 0.3) is 0 Å². The van der Waals surface area contributed by atoms with E-state index in [0.717, 1.165) is 0 Å². The minimum atomic E-state index is -3.64. The summed E-state index contributed by atoms with van der Waals surface area (Å²) in [4.78, 5) is 12.1. The van der Waals surface area contributed by atoms with E-state index in [0.29, 0.717) is 28.6 Å². The van der Waals surface area contributed by atoms with Crippen LogP contribution >= 0.6 is 11.6 Å². The Kier molecular flexibility index (Phi) is 6.23. The monoisotopic (exact) mass is 367 g/mol. The molecule has 0 aromatic heterocycles. The van der Waals surface area contributed by atoms with Crippen molar-refractivity contribution in [2.24, 2.45) is 0 Å². The van der Waals surface area contributed by atoms with E-state index < -0.39 is 21.5 Å². The Morgan fingerprint density at radius 3 is 2.50 bits per heavy atom. The Bertz CT molecular complexity index is 821. The Hall–Kier alpha value is -2.05. The van der Waals surface area contributed by atoms with Gasteiger partial charge in [0.1, 0.15) is 11.5 Å². The van der Waals surface area contributed by atoms with E-state index >= 15 is 0 Å². The molecular formula is C17H18ClNO4S. The third-order valence-corrected chi connectivity index (χ3v) is 4.97. The number of nitrogens with one attached hydrogen (secondary N) is 1. The normalized spacial score (nSPS) is 11.1. The van der Waals surface area contributed by atoms with Crippen molar-refractivity contribution in [2.75, 3.05) is 17.7 Å². The van der Waals surface area contributed by atoms with Crippen molar-refractivity contribution in [3.8, 4) is 5.75 Å². The number of carbonyl (C=O) groups is 1. The van der Waals surface area contributed by atoms with Gasteiger partial charge in [-0.05, 0) is 30.7 Å². The number of hydrogen-bond acceptors (Lipinski definition) is 4. The van der Waals surface area contributed by atoms with Crippen molar-refractivity contribution in [3.63, 3.8) is 0 Å². The molecule has 0 unspecified atom stereocenters. The number of rotatable bonds is 7. The first kappa shape index (κ1) is 18.3. The van der Waals surface area contributed by atoms with E-state index in [1.165, 1.54) is 0 Å². The molecule has 0 fully saturated rings. The molecule has 0 aliphatic rings. The second kappa shape index (κ2) is 8.17. The minimum absolute atomic E-state index is 0.285. The largest absolute Gasteiger partial charge is 0.492 e. The fraction of sp³-hybridized carbons (Fsp3) is 0.235. The fourth-order valence-corrected chi connectivity index (χ4v) is 3.72.